The van der Waals surface area contributed by atoms with Crippen molar-refractivity contribution < 1.29 is 40.3 Å². The molecule has 0 spiro atoms. The lowest BCUT2D eigenvalue weighted by atomic mass is 9.89. The monoisotopic (exact) mass is 527 g/mol. The van der Waals surface area contributed by atoms with E-state index in [-0.39, 0.29) is 5.56 Å². The van der Waals surface area contributed by atoms with Crippen molar-refractivity contribution in [2.75, 3.05) is 13.7 Å². The summed E-state index contributed by atoms with van der Waals surface area (Å²) in [4.78, 5) is 15.9. The third-order valence-corrected chi connectivity index (χ3v) is 7.98. The Kier molecular flexibility index (Phi) is 6.15. The topological polar surface area (TPSA) is 38.7 Å². The molecule has 2 aromatic carbocycles. The fraction of sp³-hybridized carbons (Fsp3) is 0.481. The summed E-state index contributed by atoms with van der Waals surface area (Å²) >= 11 is 0. The minimum atomic E-state index is -6.47. The number of alkyl halides is 7. The molecule has 2 saturated carbocycles. The van der Waals surface area contributed by atoms with E-state index in [9.17, 15) is 35.5 Å². The molecule has 3 atom stereocenters. The van der Waals surface area contributed by atoms with Crippen molar-refractivity contribution >= 4 is 11.7 Å². The lowest BCUT2D eigenvalue weighted by Gasteiger charge is -2.29. The smallest absolute Gasteiger partial charge is 0.460 e. The highest BCUT2D eigenvalue weighted by molar-refractivity contribution is 6.07. The number of benzene rings is 2. The molecular weight excluding hydrogens is 503 g/mol. The van der Waals surface area contributed by atoms with Gasteiger partial charge in [0.05, 0.1) is 12.2 Å². The van der Waals surface area contributed by atoms with Crippen LogP contribution < -0.4 is 0 Å². The summed E-state index contributed by atoms with van der Waals surface area (Å²) in [5, 5.41) is 0. The normalized spacial score (nSPS) is 23.2. The van der Waals surface area contributed by atoms with Gasteiger partial charge in [0.2, 0.25) is 0 Å². The molecular formula is C27H24F7NO2. The van der Waals surface area contributed by atoms with Crippen LogP contribution in [0.3, 0.4) is 0 Å². The van der Waals surface area contributed by atoms with Crippen LogP contribution >= 0.6 is 0 Å². The van der Waals surface area contributed by atoms with Gasteiger partial charge in [0, 0.05) is 12.6 Å². The van der Waals surface area contributed by atoms with E-state index in [2.05, 4.69) is 4.99 Å². The van der Waals surface area contributed by atoms with E-state index in [1.165, 1.54) is 18.9 Å². The molecule has 0 aromatic heterocycles. The van der Waals surface area contributed by atoms with Gasteiger partial charge in [-0.3, -0.25) is 4.99 Å². The largest absolute Gasteiger partial charge is 0.462 e. The summed E-state index contributed by atoms with van der Waals surface area (Å²) in [6, 6.07) is 8.41. The van der Waals surface area contributed by atoms with Crippen LogP contribution in [0.1, 0.15) is 52.7 Å². The van der Waals surface area contributed by atoms with Crippen LogP contribution in [0, 0.1) is 17.8 Å². The van der Waals surface area contributed by atoms with Crippen molar-refractivity contribution in [2.45, 2.75) is 50.1 Å². The van der Waals surface area contributed by atoms with Crippen LogP contribution in [0.15, 0.2) is 41.4 Å². The summed E-state index contributed by atoms with van der Waals surface area (Å²) in [5.74, 6) is -10.8. The molecule has 2 aromatic rings. The molecule has 0 aliphatic heterocycles. The maximum atomic E-state index is 14.5. The van der Waals surface area contributed by atoms with Gasteiger partial charge in [0.15, 0.2) is 0 Å². The van der Waals surface area contributed by atoms with E-state index in [0.29, 0.717) is 47.5 Å². The Balaban J connectivity index is 1.40. The fourth-order valence-electron chi connectivity index (χ4n) is 6.07. The Morgan fingerprint density at radius 3 is 2.08 bits per heavy atom. The second-order valence-electron chi connectivity index (χ2n) is 10.2. The first-order valence-electron chi connectivity index (χ1n) is 12.1. The van der Waals surface area contributed by atoms with Crippen LogP contribution in [-0.2, 0) is 11.2 Å². The van der Waals surface area contributed by atoms with Gasteiger partial charge in [-0.25, -0.2) is 4.79 Å². The molecule has 0 N–H and O–H groups in total. The van der Waals surface area contributed by atoms with Gasteiger partial charge in [-0.15, -0.1) is 0 Å². The molecule has 0 radical (unpaired) electrons. The average molecular weight is 527 g/mol. The minimum Gasteiger partial charge on any atom is -0.462 e. The van der Waals surface area contributed by atoms with Crippen molar-refractivity contribution in [3.8, 4) is 11.1 Å². The zero-order valence-electron chi connectivity index (χ0n) is 19.8. The Morgan fingerprint density at radius 1 is 0.919 bits per heavy atom. The molecule has 2 fully saturated rings. The maximum Gasteiger partial charge on any atom is 0.460 e. The molecule has 3 aliphatic carbocycles. The predicted octanol–water partition coefficient (Wildman–Crippen LogP) is 7.10. The first-order chi connectivity index (χ1) is 17.3. The quantitative estimate of drug-likeness (QED) is 0.195. The van der Waals surface area contributed by atoms with Crippen molar-refractivity contribution in [3.05, 3.63) is 58.7 Å². The van der Waals surface area contributed by atoms with Gasteiger partial charge in [0.25, 0.3) is 0 Å². The highest BCUT2D eigenvalue weighted by Crippen LogP contribution is 2.49. The molecule has 5 rings (SSSR count). The summed E-state index contributed by atoms with van der Waals surface area (Å²) in [7, 11) is 0.737. The second kappa shape index (κ2) is 8.84. The summed E-state index contributed by atoms with van der Waals surface area (Å²) in [6.45, 7) is 0.330. The van der Waals surface area contributed by atoms with Crippen LogP contribution in [0.5, 0.6) is 0 Å². The van der Waals surface area contributed by atoms with Crippen LogP contribution in [0.25, 0.3) is 11.1 Å². The number of halogens is 7. The van der Waals surface area contributed by atoms with Crippen molar-refractivity contribution in [1.29, 1.82) is 0 Å². The molecule has 37 heavy (non-hydrogen) atoms. The summed E-state index contributed by atoms with van der Waals surface area (Å²) < 4.78 is 100. The lowest BCUT2D eigenvalue weighted by Crippen LogP contribution is -2.56. The summed E-state index contributed by atoms with van der Waals surface area (Å²) in [5.41, 5.74) is 0.306. The molecule has 3 unspecified atom stereocenters. The summed E-state index contributed by atoms with van der Waals surface area (Å²) in [6.07, 6.45) is -1.47. The average Bonchev–Trinajstić information content (AvgIpc) is 3.55. The van der Waals surface area contributed by atoms with Crippen LogP contribution in [-0.4, -0.2) is 43.4 Å². The fourth-order valence-corrected chi connectivity index (χ4v) is 6.07. The Morgan fingerprint density at radius 2 is 1.54 bits per heavy atom. The number of nitrogens with zero attached hydrogens (tertiary/aromatic N) is 1. The van der Waals surface area contributed by atoms with Gasteiger partial charge in [-0.2, -0.15) is 30.7 Å². The zero-order valence-corrected chi connectivity index (χ0v) is 19.8. The first kappa shape index (κ1) is 25.7. The molecule has 3 nitrogen and oxygen atoms in total. The molecule has 2 bridgehead atoms. The lowest BCUT2D eigenvalue weighted by molar-refractivity contribution is -0.336. The third-order valence-electron chi connectivity index (χ3n) is 7.98. The van der Waals surface area contributed by atoms with Crippen molar-refractivity contribution in [2.24, 2.45) is 22.7 Å². The predicted molar refractivity (Wildman–Crippen MR) is 122 cm³/mol. The molecule has 0 saturated heterocycles. The highest BCUT2D eigenvalue weighted by Gasteiger charge is 2.75. The SMILES string of the molecule is CN=C(c1ccc2c(c1)-c1cc(C(=O)OCC3CC4CCC3C4)ccc1C2)C(F)(F)C(F)(F)C(F)(F)F. The number of ether oxygens (including phenoxy) is 1. The minimum absolute atomic E-state index is 0.249. The van der Waals surface area contributed by atoms with Gasteiger partial charge in [-0.05, 0) is 83.9 Å². The van der Waals surface area contributed by atoms with E-state index >= 15 is 0 Å². The number of carbonyl (C=O) groups excluding carboxylic acids is 1. The number of aliphatic imine (C=N–C) groups is 1. The van der Waals surface area contributed by atoms with Gasteiger partial charge >= 0.3 is 24.0 Å². The molecule has 0 amide bonds. The standard InChI is InChI=1S/C27H24F7NO2/c1-35-23(25(28,29)26(30,31)27(32,33)34)18-6-4-16-10-17-5-7-19(12-22(17)21(16)11-18)24(36)37-13-20-9-14-2-3-15(20)8-14/h4-7,11-12,14-15,20H,2-3,8-10,13H2,1H3. The van der Waals surface area contributed by atoms with E-state index in [4.69, 9.17) is 4.74 Å². The van der Waals surface area contributed by atoms with Gasteiger partial charge < -0.3 is 4.74 Å². The Hall–Kier alpha value is -2.91. The van der Waals surface area contributed by atoms with Crippen LogP contribution in [0.2, 0.25) is 0 Å². The van der Waals surface area contributed by atoms with E-state index in [0.717, 1.165) is 37.6 Å². The van der Waals surface area contributed by atoms with Crippen molar-refractivity contribution in [1.82, 2.24) is 0 Å². The molecule has 3 aliphatic rings. The van der Waals surface area contributed by atoms with E-state index in [1.807, 2.05) is 0 Å². The molecule has 198 valence electrons. The van der Waals surface area contributed by atoms with Gasteiger partial charge in [-0.1, -0.05) is 24.6 Å². The maximum absolute atomic E-state index is 14.5. The number of hydrogen-bond acceptors (Lipinski definition) is 3. The van der Waals surface area contributed by atoms with Gasteiger partial charge in [0.1, 0.15) is 5.71 Å². The third kappa shape index (κ3) is 4.22. The highest BCUT2D eigenvalue weighted by atomic mass is 19.4. The number of hydrogen-bond donors (Lipinski definition) is 0. The number of esters is 1. The zero-order chi connectivity index (χ0) is 26.8. The van der Waals surface area contributed by atoms with E-state index in [1.54, 1.807) is 18.2 Å². The number of carbonyl (C=O) groups is 1. The van der Waals surface area contributed by atoms with Crippen LogP contribution in [0.4, 0.5) is 30.7 Å². The van der Waals surface area contributed by atoms with Crippen molar-refractivity contribution in [3.63, 3.8) is 0 Å². The Bertz CT molecular complexity index is 1270. The number of fused-ring (bicyclic) bond motifs is 5. The second-order valence-corrected chi connectivity index (χ2v) is 10.2. The molecule has 0 heterocycles. The molecule has 10 heteroatoms. The first-order valence-corrected chi connectivity index (χ1v) is 12.1. The van der Waals surface area contributed by atoms with E-state index < -0.39 is 35.3 Å². The Labute approximate surface area is 208 Å². The number of rotatable bonds is 6.